The molecule has 1 heterocycles. The number of ether oxygens (including phenoxy) is 1. The lowest BCUT2D eigenvalue weighted by Gasteiger charge is -2.26. The summed E-state index contributed by atoms with van der Waals surface area (Å²) in [6.45, 7) is 8.03. The van der Waals surface area contributed by atoms with E-state index in [1.807, 2.05) is 20.8 Å². The van der Waals surface area contributed by atoms with E-state index in [2.05, 4.69) is 0 Å². The molecule has 1 aliphatic rings. The third-order valence-corrected chi connectivity index (χ3v) is 3.54. The van der Waals surface area contributed by atoms with Crippen molar-refractivity contribution in [1.29, 1.82) is 0 Å². The number of amides is 1. The van der Waals surface area contributed by atoms with Gasteiger partial charge in [-0.2, -0.15) is 0 Å². The number of halogens is 1. The Hall–Kier alpha value is -1.62. The summed E-state index contributed by atoms with van der Waals surface area (Å²) in [6.07, 6.45) is 0.251. The van der Waals surface area contributed by atoms with Crippen molar-refractivity contribution < 1.29 is 13.9 Å². The Labute approximate surface area is 125 Å². The molecule has 0 aromatic heterocycles. The molecule has 116 valence electrons. The van der Waals surface area contributed by atoms with Gasteiger partial charge in [0.05, 0.1) is 0 Å². The lowest BCUT2D eigenvalue weighted by molar-refractivity contribution is 0.0235. The molecule has 0 unspecified atom stereocenters. The number of fused-ring (bicyclic) bond motifs is 1. The third-order valence-electron chi connectivity index (χ3n) is 3.54. The van der Waals surface area contributed by atoms with Crippen molar-refractivity contribution in [3.63, 3.8) is 0 Å². The predicted octanol–water partition coefficient (Wildman–Crippen LogP) is 3.27. The first-order chi connectivity index (χ1) is 9.67. The van der Waals surface area contributed by atoms with E-state index in [1.54, 1.807) is 17.9 Å². The summed E-state index contributed by atoms with van der Waals surface area (Å²) >= 11 is 0. The molecule has 2 N–H and O–H groups in total. The topological polar surface area (TPSA) is 55.6 Å². The second kappa shape index (κ2) is 5.64. The Balaban J connectivity index is 2.27. The minimum Gasteiger partial charge on any atom is -0.444 e. The highest BCUT2D eigenvalue weighted by molar-refractivity contribution is 5.68. The van der Waals surface area contributed by atoms with Crippen LogP contribution in [0.3, 0.4) is 0 Å². The van der Waals surface area contributed by atoms with Gasteiger partial charge in [0, 0.05) is 19.1 Å². The second-order valence-electron chi connectivity index (χ2n) is 6.60. The van der Waals surface area contributed by atoms with Crippen LogP contribution in [-0.2, 0) is 11.3 Å². The largest absolute Gasteiger partial charge is 0.444 e. The Morgan fingerprint density at radius 3 is 2.71 bits per heavy atom. The van der Waals surface area contributed by atoms with Crippen LogP contribution in [-0.4, -0.2) is 23.1 Å². The average Bonchev–Trinajstić information content (AvgIpc) is 2.49. The summed E-state index contributed by atoms with van der Waals surface area (Å²) in [5.74, 6) is -0.271. The van der Waals surface area contributed by atoms with Gasteiger partial charge in [-0.15, -0.1) is 0 Å². The quantitative estimate of drug-likeness (QED) is 0.799. The molecule has 0 saturated heterocycles. The lowest BCUT2D eigenvalue weighted by atomic mass is 9.97. The van der Waals surface area contributed by atoms with E-state index in [4.69, 9.17) is 10.5 Å². The Bertz CT molecular complexity index is 552. The van der Waals surface area contributed by atoms with Crippen LogP contribution in [0.25, 0.3) is 0 Å². The maximum Gasteiger partial charge on any atom is 0.410 e. The summed E-state index contributed by atoms with van der Waals surface area (Å²) in [7, 11) is 0. The number of nitrogens with zero attached hydrogens (tertiary/aromatic N) is 1. The smallest absolute Gasteiger partial charge is 0.410 e. The molecular weight excluding hydrogens is 271 g/mol. The number of nitrogens with two attached hydrogens (primary N) is 1. The van der Waals surface area contributed by atoms with Gasteiger partial charge in [0.1, 0.15) is 11.4 Å². The molecule has 0 bridgehead atoms. The Morgan fingerprint density at radius 1 is 1.43 bits per heavy atom. The Kier molecular flexibility index (Phi) is 4.23. The normalized spacial score (nSPS) is 19.0. The van der Waals surface area contributed by atoms with Crippen LogP contribution in [0.15, 0.2) is 12.1 Å². The first-order valence-electron chi connectivity index (χ1n) is 7.20. The van der Waals surface area contributed by atoms with Crippen LogP contribution >= 0.6 is 0 Å². The number of aryl methyl sites for hydroxylation is 1. The highest BCUT2D eigenvalue weighted by Crippen LogP contribution is 2.28. The third kappa shape index (κ3) is 3.73. The van der Waals surface area contributed by atoms with Gasteiger partial charge in [0.25, 0.3) is 0 Å². The number of hydrogen-bond acceptors (Lipinski definition) is 3. The van der Waals surface area contributed by atoms with Gasteiger partial charge < -0.3 is 15.4 Å². The van der Waals surface area contributed by atoms with Gasteiger partial charge in [0.15, 0.2) is 0 Å². The van der Waals surface area contributed by atoms with E-state index in [0.717, 1.165) is 11.1 Å². The zero-order valence-electron chi connectivity index (χ0n) is 13.1. The maximum atomic E-state index is 13.8. The Morgan fingerprint density at radius 2 is 2.10 bits per heavy atom. The van der Waals surface area contributed by atoms with Crippen molar-refractivity contribution in [2.45, 2.75) is 52.3 Å². The molecule has 21 heavy (non-hydrogen) atoms. The standard InChI is InChI=1S/C16H23FN2O2/c1-10-7-12-11(8-13(10)17)9-19(6-5-14(12)18)15(20)21-16(2,3)4/h7-8,14H,5-6,9,18H2,1-4H3/t14-/m1/s1. The summed E-state index contributed by atoms with van der Waals surface area (Å²) in [6, 6.07) is 3.08. The molecule has 4 nitrogen and oxygen atoms in total. The van der Waals surface area contributed by atoms with Crippen molar-refractivity contribution in [3.8, 4) is 0 Å². The van der Waals surface area contributed by atoms with Crippen LogP contribution in [0.4, 0.5) is 9.18 Å². The molecule has 1 aromatic rings. The minimum absolute atomic E-state index is 0.188. The van der Waals surface area contributed by atoms with Gasteiger partial charge >= 0.3 is 6.09 Å². The number of hydrogen-bond donors (Lipinski definition) is 1. The molecule has 0 spiro atoms. The van der Waals surface area contributed by atoms with Crippen LogP contribution in [0.2, 0.25) is 0 Å². The predicted molar refractivity (Wildman–Crippen MR) is 79.3 cm³/mol. The SMILES string of the molecule is Cc1cc2c(cc1F)CN(C(=O)OC(C)(C)C)CC[C@H]2N. The van der Waals surface area contributed by atoms with Crippen LogP contribution < -0.4 is 5.73 Å². The summed E-state index contributed by atoms with van der Waals surface area (Å²) in [5.41, 5.74) is 7.86. The van der Waals surface area contributed by atoms with Crippen molar-refractivity contribution in [2.24, 2.45) is 5.73 Å². The number of carbonyl (C=O) groups excluding carboxylic acids is 1. The van der Waals surface area contributed by atoms with E-state index < -0.39 is 5.60 Å². The van der Waals surface area contributed by atoms with E-state index in [0.29, 0.717) is 25.1 Å². The van der Waals surface area contributed by atoms with Crippen molar-refractivity contribution >= 4 is 6.09 Å². The highest BCUT2D eigenvalue weighted by atomic mass is 19.1. The molecular formula is C16H23FN2O2. The minimum atomic E-state index is -0.549. The van der Waals surface area contributed by atoms with E-state index in [1.165, 1.54) is 6.07 Å². The number of benzene rings is 1. The summed E-state index contributed by atoms with van der Waals surface area (Å²) in [4.78, 5) is 13.8. The zero-order valence-corrected chi connectivity index (χ0v) is 13.1. The maximum absolute atomic E-state index is 13.8. The van der Waals surface area contributed by atoms with Crippen LogP contribution in [0.1, 0.15) is 49.9 Å². The lowest BCUT2D eigenvalue weighted by Crippen LogP contribution is -2.36. The fourth-order valence-corrected chi connectivity index (χ4v) is 2.44. The first kappa shape index (κ1) is 15.8. The van der Waals surface area contributed by atoms with Crippen molar-refractivity contribution in [2.75, 3.05) is 6.54 Å². The van der Waals surface area contributed by atoms with Crippen LogP contribution in [0.5, 0.6) is 0 Å². The highest BCUT2D eigenvalue weighted by Gasteiger charge is 2.27. The molecule has 0 radical (unpaired) electrons. The first-order valence-corrected chi connectivity index (χ1v) is 7.20. The van der Waals surface area contributed by atoms with Crippen molar-refractivity contribution in [1.82, 2.24) is 4.90 Å². The average molecular weight is 294 g/mol. The fraction of sp³-hybridized carbons (Fsp3) is 0.562. The molecule has 1 atom stereocenters. The number of rotatable bonds is 0. The number of carbonyl (C=O) groups is 1. The summed E-state index contributed by atoms with van der Waals surface area (Å²) < 4.78 is 19.2. The molecule has 0 saturated carbocycles. The molecule has 1 aromatic carbocycles. The molecule has 5 heteroatoms. The van der Waals surface area contributed by atoms with Gasteiger partial charge in [0.2, 0.25) is 0 Å². The van der Waals surface area contributed by atoms with Gasteiger partial charge in [-0.1, -0.05) is 6.07 Å². The second-order valence-corrected chi connectivity index (χ2v) is 6.60. The van der Waals surface area contributed by atoms with Crippen molar-refractivity contribution in [3.05, 3.63) is 34.6 Å². The van der Waals surface area contributed by atoms with E-state index in [-0.39, 0.29) is 18.0 Å². The van der Waals surface area contributed by atoms with E-state index in [9.17, 15) is 9.18 Å². The van der Waals surface area contributed by atoms with Gasteiger partial charge in [-0.05, 0) is 56.9 Å². The van der Waals surface area contributed by atoms with Crippen LogP contribution in [0, 0.1) is 12.7 Å². The molecule has 1 aliphatic heterocycles. The molecule has 2 rings (SSSR count). The fourth-order valence-electron chi connectivity index (χ4n) is 2.44. The van der Waals surface area contributed by atoms with Gasteiger partial charge in [-0.25, -0.2) is 9.18 Å². The molecule has 0 fully saturated rings. The molecule has 0 aliphatic carbocycles. The van der Waals surface area contributed by atoms with E-state index >= 15 is 0 Å². The van der Waals surface area contributed by atoms with Gasteiger partial charge in [-0.3, -0.25) is 0 Å². The summed E-state index contributed by atoms with van der Waals surface area (Å²) in [5, 5.41) is 0. The zero-order chi connectivity index (χ0) is 15.8. The monoisotopic (exact) mass is 294 g/mol. The molecule has 1 amide bonds.